The number of anilines is 1. The van der Waals surface area contributed by atoms with Gasteiger partial charge in [0.05, 0.1) is 18.8 Å². The van der Waals surface area contributed by atoms with E-state index >= 15 is 0 Å². The Balaban J connectivity index is 1.51. The van der Waals surface area contributed by atoms with Gasteiger partial charge in [0.15, 0.2) is 0 Å². The monoisotopic (exact) mass is 399 g/mol. The Hall–Kier alpha value is -3.34. The highest BCUT2D eigenvalue weighted by molar-refractivity contribution is 5.95. The van der Waals surface area contributed by atoms with Gasteiger partial charge in [0.25, 0.3) is 0 Å². The summed E-state index contributed by atoms with van der Waals surface area (Å²) in [6, 6.07) is 14.6. The lowest BCUT2D eigenvalue weighted by Gasteiger charge is -2.25. The average molecular weight is 399 g/mol. The van der Waals surface area contributed by atoms with Crippen molar-refractivity contribution < 1.29 is 9.53 Å². The van der Waals surface area contributed by atoms with Crippen LogP contribution in [0.2, 0.25) is 0 Å². The van der Waals surface area contributed by atoms with Gasteiger partial charge in [0, 0.05) is 25.0 Å². The molecule has 0 spiro atoms. The number of methoxy groups -OCH3 is 1. The Kier molecular flexibility index (Phi) is 4.66. The summed E-state index contributed by atoms with van der Waals surface area (Å²) in [7, 11) is 3.50. The first-order valence-electron chi connectivity index (χ1n) is 10.4. The Morgan fingerprint density at radius 1 is 1.20 bits per heavy atom. The van der Waals surface area contributed by atoms with Crippen molar-refractivity contribution in [3.63, 3.8) is 0 Å². The van der Waals surface area contributed by atoms with E-state index in [1.165, 1.54) is 29.5 Å². The van der Waals surface area contributed by atoms with Crippen LogP contribution in [0, 0.1) is 0 Å². The number of rotatable bonds is 5. The molecule has 0 aliphatic heterocycles. The molecule has 1 N–H and O–H groups in total. The van der Waals surface area contributed by atoms with Crippen LogP contribution in [0.4, 0.5) is 5.82 Å². The minimum atomic E-state index is -0.351. The Morgan fingerprint density at radius 3 is 2.73 bits per heavy atom. The van der Waals surface area contributed by atoms with E-state index in [0.29, 0.717) is 17.3 Å². The molecule has 0 bridgehead atoms. The molecule has 0 saturated heterocycles. The van der Waals surface area contributed by atoms with Crippen LogP contribution in [0.5, 0.6) is 0 Å². The fourth-order valence-electron chi connectivity index (χ4n) is 4.31. The molecule has 1 fully saturated rings. The second-order valence-electron chi connectivity index (χ2n) is 8.13. The largest absolute Gasteiger partial charge is 0.465 e. The molecule has 0 radical (unpaired) electrons. The Bertz CT molecular complexity index is 1130. The third-order valence-electron chi connectivity index (χ3n) is 5.99. The van der Waals surface area contributed by atoms with Crippen molar-refractivity contribution in [1.29, 1.82) is 0 Å². The number of ether oxygens (including phenoxy) is 1. The molecule has 3 aromatic rings. The summed E-state index contributed by atoms with van der Waals surface area (Å²) in [4.78, 5) is 17.1. The van der Waals surface area contributed by atoms with Crippen LogP contribution in [-0.4, -0.2) is 28.7 Å². The van der Waals surface area contributed by atoms with Crippen molar-refractivity contribution in [2.75, 3.05) is 12.4 Å². The van der Waals surface area contributed by atoms with E-state index in [9.17, 15) is 4.79 Å². The lowest BCUT2D eigenvalue weighted by Crippen LogP contribution is -2.26. The first-order chi connectivity index (χ1) is 14.6. The summed E-state index contributed by atoms with van der Waals surface area (Å²) < 4.78 is 7.21. The molecule has 152 valence electrons. The minimum Gasteiger partial charge on any atom is -0.465 e. The number of nitrogens with one attached hydrogen (secondary N) is 1. The van der Waals surface area contributed by atoms with Crippen molar-refractivity contribution in [2.24, 2.45) is 7.05 Å². The SMILES string of the molecule is COC(=O)c1cc(C2CC2)cnc1N[C@H]1C=C(c2ccccc2)c2c(ccn2C)C1. The molecule has 0 amide bonds. The standard InChI is InChI=1S/C25H25N3O2/c1-28-11-10-18-12-20(14-21(23(18)28)17-6-4-3-5-7-17)27-24-22(25(29)30-2)13-19(15-26-24)16-8-9-16/h3-7,10-11,13-16,20H,8-9,12H2,1-2H3,(H,26,27)/t20-/m1/s1. The van der Waals surface area contributed by atoms with Crippen molar-refractivity contribution in [3.05, 3.63) is 88.9 Å². The number of fused-ring (bicyclic) bond motifs is 1. The normalized spacial score (nSPS) is 17.8. The van der Waals surface area contributed by atoms with Gasteiger partial charge in [0.1, 0.15) is 11.4 Å². The number of carbonyl (C=O) groups excluding carboxylic acids is 1. The highest BCUT2D eigenvalue weighted by Crippen LogP contribution is 2.41. The van der Waals surface area contributed by atoms with Gasteiger partial charge < -0.3 is 14.6 Å². The van der Waals surface area contributed by atoms with Crippen LogP contribution in [0.3, 0.4) is 0 Å². The molecule has 5 rings (SSSR count). The Labute approximate surface area is 176 Å². The third-order valence-corrected chi connectivity index (χ3v) is 5.99. The molecular weight excluding hydrogens is 374 g/mol. The predicted molar refractivity (Wildman–Crippen MR) is 118 cm³/mol. The summed E-state index contributed by atoms with van der Waals surface area (Å²) in [5.41, 5.74) is 6.52. The van der Waals surface area contributed by atoms with E-state index in [4.69, 9.17) is 4.74 Å². The average Bonchev–Trinajstić information content (AvgIpc) is 3.57. The number of aromatic nitrogens is 2. The summed E-state index contributed by atoms with van der Waals surface area (Å²) in [6.45, 7) is 0. The second kappa shape index (κ2) is 7.48. The summed E-state index contributed by atoms with van der Waals surface area (Å²) in [5, 5.41) is 3.50. The van der Waals surface area contributed by atoms with E-state index in [-0.39, 0.29) is 12.0 Å². The van der Waals surface area contributed by atoms with Gasteiger partial charge in [0.2, 0.25) is 0 Å². The second-order valence-corrected chi connectivity index (χ2v) is 8.13. The number of esters is 1. The number of pyridine rings is 1. The molecule has 2 aliphatic rings. The van der Waals surface area contributed by atoms with Gasteiger partial charge >= 0.3 is 5.97 Å². The lowest BCUT2D eigenvalue weighted by molar-refractivity contribution is 0.0601. The van der Waals surface area contributed by atoms with Gasteiger partial charge in [-0.05, 0) is 54.0 Å². The number of carbonyl (C=O) groups is 1. The minimum absolute atomic E-state index is 0.0257. The molecule has 5 nitrogen and oxygen atoms in total. The van der Waals surface area contributed by atoms with Crippen molar-refractivity contribution in [1.82, 2.24) is 9.55 Å². The van der Waals surface area contributed by atoms with Crippen molar-refractivity contribution in [3.8, 4) is 0 Å². The van der Waals surface area contributed by atoms with Crippen LogP contribution in [0.25, 0.3) is 5.57 Å². The van der Waals surface area contributed by atoms with Gasteiger partial charge in [-0.15, -0.1) is 0 Å². The van der Waals surface area contributed by atoms with E-state index in [1.54, 1.807) is 0 Å². The van der Waals surface area contributed by atoms with E-state index in [2.05, 4.69) is 64.5 Å². The number of benzene rings is 1. The van der Waals surface area contributed by atoms with Crippen molar-refractivity contribution >= 4 is 17.4 Å². The molecule has 30 heavy (non-hydrogen) atoms. The maximum atomic E-state index is 12.4. The zero-order chi connectivity index (χ0) is 20.7. The highest BCUT2D eigenvalue weighted by atomic mass is 16.5. The zero-order valence-corrected chi connectivity index (χ0v) is 17.3. The molecular formula is C25H25N3O2. The highest BCUT2D eigenvalue weighted by Gasteiger charge is 2.28. The molecule has 2 aromatic heterocycles. The molecule has 2 aliphatic carbocycles. The number of aryl methyl sites for hydroxylation is 1. The van der Waals surface area contributed by atoms with E-state index in [0.717, 1.165) is 24.8 Å². The first kappa shape index (κ1) is 18.7. The number of nitrogens with zero attached hydrogens (tertiary/aromatic N) is 2. The summed E-state index contributed by atoms with van der Waals surface area (Å²) in [5.74, 6) is 0.761. The van der Waals surface area contributed by atoms with Gasteiger partial charge in [-0.25, -0.2) is 9.78 Å². The quantitative estimate of drug-likeness (QED) is 0.640. The van der Waals surface area contributed by atoms with Crippen LogP contribution < -0.4 is 5.32 Å². The molecule has 2 heterocycles. The van der Waals surface area contributed by atoms with E-state index < -0.39 is 0 Å². The summed E-state index contributed by atoms with van der Waals surface area (Å²) >= 11 is 0. The number of hydrogen-bond donors (Lipinski definition) is 1. The van der Waals surface area contributed by atoms with Gasteiger partial charge in [-0.1, -0.05) is 36.4 Å². The van der Waals surface area contributed by atoms with Crippen LogP contribution in [0.1, 0.15) is 51.5 Å². The maximum Gasteiger partial charge on any atom is 0.341 e. The molecule has 0 unspecified atom stereocenters. The fourth-order valence-corrected chi connectivity index (χ4v) is 4.31. The fraction of sp³-hybridized carbons (Fsp3) is 0.280. The molecule has 1 saturated carbocycles. The van der Waals surface area contributed by atoms with Gasteiger partial charge in [-0.3, -0.25) is 0 Å². The predicted octanol–water partition coefficient (Wildman–Crippen LogP) is 4.55. The third kappa shape index (κ3) is 3.41. The molecule has 1 atom stereocenters. The van der Waals surface area contributed by atoms with Crippen LogP contribution in [0.15, 0.2) is 60.9 Å². The Morgan fingerprint density at radius 2 is 2.00 bits per heavy atom. The number of hydrogen-bond acceptors (Lipinski definition) is 4. The topological polar surface area (TPSA) is 56.1 Å². The molecule has 5 heteroatoms. The zero-order valence-electron chi connectivity index (χ0n) is 17.3. The maximum absolute atomic E-state index is 12.4. The van der Waals surface area contributed by atoms with Gasteiger partial charge in [-0.2, -0.15) is 0 Å². The van der Waals surface area contributed by atoms with Crippen LogP contribution in [-0.2, 0) is 18.2 Å². The lowest BCUT2D eigenvalue weighted by atomic mass is 9.89. The van der Waals surface area contributed by atoms with Crippen LogP contribution >= 0.6 is 0 Å². The van der Waals surface area contributed by atoms with E-state index in [1.807, 2.05) is 18.3 Å². The smallest absolute Gasteiger partial charge is 0.341 e. The first-order valence-corrected chi connectivity index (χ1v) is 10.4. The van der Waals surface area contributed by atoms with Crippen molar-refractivity contribution in [2.45, 2.75) is 31.2 Å². The summed E-state index contributed by atoms with van der Waals surface area (Å²) in [6.07, 6.45) is 9.40. The molecule has 1 aromatic carbocycles.